The molecule has 21 heavy (non-hydrogen) atoms. The van der Waals surface area contributed by atoms with Gasteiger partial charge in [0.1, 0.15) is 11.6 Å². The van der Waals surface area contributed by atoms with E-state index in [4.69, 9.17) is 4.74 Å². The number of hydrogen-bond donors (Lipinski definition) is 1. The molecule has 1 N–H and O–H groups in total. The third-order valence-electron chi connectivity index (χ3n) is 3.82. The van der Waals surface area contributed by atoms with E-state index in [9.17, 15) is 4.39 Å². The quantitative estimate of drug-likeness (QED) is 0.870. The molecule has 0 aliphatic carbocycles. The van der Waals surface area contributed by atoms with E-state index >= 15 is 0 Å². The molecule has 2 aromatic rings. The maximum Gasteiger partial charge on any atom is 0.131 e. The van der Waals surface area contributed by atoms with E-state index in [2.05, 4.69) is 31.3 Å². The van der Waals surface area contributed by atoms with Crippen LogP contribution in [-0.2, 0) is 0 Å². The maximum absolute atomic E-state index is 14.1. The number of hydrogen-bond acceptors (Lipinski definition) is 2. The largest absolute Gasteiger partial charge is 0.496 e. The lowest BCUT2D eigenvalue weighted by molar-refractivity contribution is 0.387. The summed E-state index contributed by atoms with van der Waals surface area (Å²) >= 11 is 0. The second-order valence-corrected chi connectivity index (χ2v) is 5.32. The molecule has 1 unspecified atom stereocenters. The summed E-state index contributed by atoms with van der Waals surface area (Å²) in [6.45, 7) is 6.13. The van der Waals surface area contributed by atoms with Gasteiger partial charge in [0, 0.05) is 17.6 Å². The van der Waals surface area contributed by atoms with Crippen LogP contribution in [0.3, 0.4) is 0 Å². The van der Waals surface area contributed by atoms with Crippen molar-refractivity contribution in [1.82, 2.24) is 5.32 Å². The molecule has 0 saturated carbocycles. The van der Waals surface area contributed by atoms with E-state index in [1.54, 1.807) is 19.2 Å². The number of methoxy groups -OCH3 is 1. The highest BCUT2D eigenvalue weighted by Gasteiger charge is 2.19. The predicted octanol–water partition coefficient (Wildman–Crippen LogP) is 4.55. The Labute approximate surface area is 126 Å². The summed E-state index contributed by atoms with van der Waals surface area (Å²) in [4.78, 5) is 0. The van der Waals surface area contributed by atoms with E-state index in [1.165, 1.54) is 17.2 Å². The fourth-order valence-electron chi connectivity index (χ4n) is 2.74. The lowest BCUT2D eigenvalue weighted by Crippen LogP contribution is -2.24. The van der Waals surface area contributed by atoms with Crippen molar-refractivity contribution >= 4 is 0 Å². The molecule has 2 rings (SSSR count). The summed E-state index contributed by atoms with van der Waals surface area (Å²) in [6, 6.07) is 13.1. The van der Waals surface area contributed by atoms with Crippen LogP contribution >= 0.6 is 0 Å². The fourth-order valence-corrected chi connectivity index (χ4v) is 2.74. The Morgan fingerprint density at radius 3 is 2.38 bits per heavy atom. The Hall–Kier alpha value is -1.87. The van der Waals surface area contributed by atoms with E-state index in [1.807, 2.05) is 19.1 Å². The van der Waals surface area contributed by atoms with Crippen LogP contribution in [0, 0.1) is 12.7 Å². The predicted molar refractivity (Wildman–Crippen MR) is 84.1 cm³/mol. The van der Waals surface area contributed by atoms with Gasteiger partial charge in [-0.15, -0.1) is 0 Å². The number of aryl methyl sites for hydroxylation is 1. The minimum absolute atomic E-state index is 0.130. The summed E-state index contributed by atoms with van der Waals surface area (Å²) < 4.78 is 19.4. The van der Waals surface area contributed by atoms with E-state index in [0.717, 1.165) is 0 Å². The van der Waals surface area contributed by atoms with Crippen molar-refractivity contribution in [2.75, 3.05) is 7.11 Å². The first kappa shape index (κ1) is 15.5. The molecule has 0 aliphatic rings. The second kappa shape index (κ2) is 6.72. The molecule has 0 aromatic heterocycles. The van der Waals surface area contributed by atoms with Gasteiger partial charge in [-0.3, -0.25) is 0 Å². The number of ether oxygens (including phenoxy) is 1. The van der Waals surface area contributed by atoms with Crippen molar-refractivity contribution in [2.24, 2.45) is 0 Å². The highest BCUT2D eigenvalue weighted by atomic mass is 19.1. The summed E-state index contributed by atoms with van der Waals surface area (Å²) in [5.41, 5.74) is 3.02. The van der Waals surface area contributed by atoms with Crippen LogP contribution in [0.1, 0.15) is 42.6 Å². The van der Waals surface area contributed by atoms with Crippen LogP contribution < -0.4 is 10.1 Å². The van der Waals surface area contributed by atoms with Crippen molar-refractivity contribution in [3.63, 3.8) is 0 Å². The number of halogens is 1. The average Bonchev–Trinajstić information content (AvgIpc) is 2.46. The first-order valence-electron chi connectivity index (χ1n) is 7.18. The Morgan fingerprint density at radius 2 is 1.71 bits per heavy atom. The molecular weight excluding hydrogens is 265 g/mol. The first-order chi connectivity index (χ1) is 10.0. The molecule has 2 aromatic carbocycles. The minimum Gasteiger partial charge on any atom is -0.496 e. The molecule has 0 heterocycles. The van der Waals surface area contributed by atoms with Crippen LogP contribution in [0.2, 0.25) is 0 Å². The molecule has 3 heteroatoms. The van der Waals surface area contributed by atoms with Gasteiger partial charge in [0.25, 0.3) is 0 Å². The fraction of sp³-hybridized carbons (Fsp3) is 0.333. The molecule has 0 saturated heterocycles. The standard InChI is InChI=1S/C18H22FNO/c1-12-8-5-6-9-15(12)13(2)20-14(3)18-16(19)10-7-11-17(18)21-4/h5-11,13-14,20H,1-4H3/t13-,14?/m1/s1. The van der Waals surface area contributed by atoms with Gasteiger partial charge >= 0.3 is 0 Å². The van der Waals surface area contributed by atoms with Gasteiger partial charge in [-0.05, 0) is 44.0 Å². The molecule has 2 atom stereocenters. The van der Waals surface area contributed by atoms with Gasteiger partial charge in [-0.1, -0.05) is 30.3 Å². The first-order valence-corrected chi connectivity index (χ1v) is 7.18. The molecule has 0 aliphatic heterocycles. The maximum atomic E-state index is 14.1. The monoisotopic (exact) mass is 287 g/mol. The topological polar surface area (TPSA) is 21.3 Å². The van der Waals surface area contributed by atoms with E-state index < -0.39 is 0 Å². The normalized spacial score (nSPS) is 13.8. The van der Waals surface area contributed by atoms with Crippen LogP contribution in [0.25, 0.3) is 0 Å². The Kier molecular flexibility index (Phi) is 4.97. The van der Waals surface area contributed by atoms with Crippen molar-refractivity contribution in [3.8, 4) is 5.75 Å². The van der Waals surface area contributed by atoms with Gasteiger partial charge in [0.2, 0.25) is 0 Å². The van der Waals surface area contributed by atoms with Crippen molar-refractivity contribution in [3.05, 3.63) is 65.0 Å². The van der Waals surface area contributed by atoms with Crippen molar-refractivity contribution in [1.29, 1.82) is 0 Å². The van der Waals surface area contributed by atoms with E-state index in [0.29, 0.717) is 11.3 Å². The molecule has 112 valence electrons. The minimum atomic E-state index is -0.244. The Morgan fingerprint density at radius 1 is 1.00 bits per heavy atom. The third-order valence-corrected chi connectivity index (χ3v) is 3.82. The lowest BCUT2D eigenvalue weighted by atomic mass is 10.00. The molecule has 0 bridgehead atoms. The second-order valence-electron chi connectivity index (χ2n) is 5.32. The highest BCUT2D eigenvalue weighted by molar-refractivity contribution is 5.37. The van der Waals surface area contributed by atoms with Crippen molar-refractivity contribution in [2.45, 2.75) is 32.9 Å². The zero-order chi connectivity index (χ0) is 15.4. The summed E-state index contributed by atoms with van der Waals surface area (Å²) in [6.07, 6.45) is 0. The van der Waals surface area contributed by atoms with Gasteiger partial charge in [0.15, 0.2) is 0 Å². The number of benzene rings is 2. The van der Waals surface area contributed by atoms with Gasteiger partial charge in [-0.2, -0.15) is 0 Å². The average molecular weight is 287 g/mol. The smallest absolute Gasteiger partial charge is 0.131 e. The molecule has 0 amide bonds. The van der Waals surface area contributed by atoms with Crippen molar-refractivity contribution < 1.29 is 9.13 Å². The van der Waals surface area contributed by atoms with Crippen LogP contribution in [0.15, 0.2) is 42.5 Å². The summed E-state index contributed by atoms with van der Waals surface area (Å²) in [5, 5.41) is 3.45. The lowest BCUT2D eigenvalue weighted by Gasteiger charge is -2.23. The molecular formula is C18H22FNO. The van der Waals surface area contributed by atoms with Gasteiger partial charge < -0.3 is 10.1 Å². The Bertz CT molecular complexity index is 612. The van der Waals surface area contributed by atoms with Gasteiger partial charge in [0.05, 0.1) is 7.11 Å². The zero-order valence-corrected chi connectivity index (χ0v) is 13.0. The highest BCUT2D eigenvalue weighted by Crippen LogP contribution is 2.30. The molecule has 0 radical (unpaired) electrons. The van der Waals surface area contributed by atoms with E-state index in [-0.39, 0.29) is 17.9 Å². The summed E-state index contributed by atoms with van der Waals surface area (Å²) in [5.74, 6) is 0.332. The van der Waals surface area contributed by atoms with Crippen LogP contribution in [-0.4, -0.2) is 7.11 Å². The molecule has 0 spiro atoms. The number of rotatable bonds is 5. The SMILES string of the molecule is COc1cccc(F)c1C(C)N[C@H](C)c1ccccc1C. The Balaban J connectivity index is 2.22. The van der Waals surface area contributed by atoms with Crippen LogP contribution in [0.5, 0.6) is 5.75 Å². The molecule has 0 fully saturated rings. The molecule has 2 nitrogen and oxygen atoms in total. The van der Waals surface area contributed by atoms with Crippen LogP contribution in [0.4, 0.5) is 4.39 Å². The number of nitrogens with one attached hydrogen (secondary N) is 1. The summed E-state index contributed by atoms with van der Waals surface area (Å²) in [7, 11) is 1.57. The third kappa shape index (κ3) is 3.42. The van der Waals surface area contributed by atoms with Gasteiger partial charge in [-0.25, -0.2) is 4.39 Å². The zero-order valence-electron chi connectivity index (χ0n) is 13.0.